The average Bonchev–Trinajstić information content (AvgIpc) is 3.59. The minimum Gasteiger partial charge on any atom is -0.493 e. The number of fused-ring (bicyclic) bond motifs is 1. The minimum atomic E-state index is -0.790. The molecule has 0 N–H and O–H groups in total. The Labute approximate surface area is 246 Å². The van der Waals surface area contributed by atoms with Crippen molar-refractivity contribution >= 4 is 29.4 Å². The topological polar surface area (TPSA) is 109 Å². The molecule has 0 saturated heterocycles. The molecule has 5 rings (SSSR count). The minimum absolute atomic E-state index is 0.269. The molecule has 0 bridgehead atoms. The fourth-order valence-corrected chi connectivity index (χ4v) is 5.79. The highest BCUT2D eigenvalue weighted by molar-refractivity contribution is 7.07. The van der Waals surface area contributed by atoms with E-state index in [0.29, 0.717) is 55.6 Å². The van der Waals surface area contributed by atoms with Crippen molar-refractivity contribution in [2.75, 3.05) is 20.3 Å². The van der Waals surface area contributed by atoms with Crippen LogP contribution in [0.5, 0.6) is 5.75 Å². The van der Waals surface area contributed by atoms with Crippen LogP contribution >= 0.6 is 11.3 Å². The van der Waals surface area contributed by atoms with Crippen LogP contribution in [0, 0.1) is 0 Å². The fraction of sp³-hybridized carbons (Fsp3) is 0.250. The van der Waals surface area contributed by atoms with E-state index in [1.165, 1.54) is 23.0 Å². The van der Waals surface area contributed by atoms with E-state index in [0.717, 1.165) is 6.42 Å². The van der Waals surface area contributed by atoms with Crippen LogP contribution in [0.4, 0.5) is 0 Å². The maximum atomic E-state index is 13.9. The van der Waals surface area contributed by atoms with Crippen LogP contribution in [0.15, 0.2) is 86.1 Å². The number of allylic oxidation sites excluding steroid dienone is 1. The van der Waals surface area contributed by atoms with Gasteiger partial charge in [0, 0.05) is 17.2 Å². The van der Waals surface area contributed by atoms with Gasteiger partial charge in [-0.05, 0) is 50.6 Å². The number of ether oxygens (including phenoxy) is 3. The number of furan rings is 1. The van der Waals surface area contributed by atoms with Gasteiger partial charge in [0.15, 0.2) is 4.80 Å². The molecule has 1 aliphatic rings. The lowest BCUT2D eigenvalue weighted by Crippen LogP contribution is -2.40. The van der Waals surface area contributed by atoms with Gasteiger partial charge in [0.05, 0.1) is 41.7 Å². The highest BCUT2D eigenvalue weighted by atomic mass is 32.1. The Morgan fingerprint density at radius 3 is 2.64 bits per heavy atom. The number of para-hydroxylation sites is 1. The van der Waals surface area contributed by atoms with Crippen LogP contribution in [0.1, 0.15) is 54.9 Å². The number of benzene rings is 2. The Kier molecular flexibility index (Phi) is 8.53. The lowest BCUT2D eigenvalue weighted by molar-refractivity contribution is -0.136. The van der Waals surface area contributed by atoms with E-state index in [9.17, 15) is 14.4 Å². The quantitative estimate of drug-likeness (QED) is 0.263. The monoisotopic (exact) mass is 586 g/mol. The number of aromatic nitrogens is 1. The predicted octanol–water partition coefficient (Wildman–Crippen LogP) is 4.63. The summed E-state index contributed by atoms with van der Waals surface area (Å²) in [5.41, 5.74) is 2.18. The number of rotatable bonds is 9. The van der Waals surface area contributed by atoms with Crippen molar-refractivity contribution < 1.29 is 28.2 Å². The second kappa shape index (κ2) is 12.4. The number of thiazole rings is 1. The summed E-state index contributed by atoms with van der Waals surface area (Å²) >= 11 is 1.20. The third-order valence-corrected chi connectivity index (χ3v) is 7.64. The summed E-state index contributed by atoms with van der Waals surface area (Å²) in [5.74, 6) is 0.579. The van der Waals surface area contributed by atoms with Crippen molar-refractivity contribution in [2.24, 2.45) is 4.99 Å². The first-order valence-electron chi connectivity index (χ1n) is 13.6. The van der Waals surface area contributed by atoms with Crippen LogP contribution in [0.2, 0.25) is 0 Å². The van der Waals surface area contributed by atoms with Gasteiger partial charge in [-0.2, -0.15) is 0 Å². The molecule has 0 amide bonds. The molecule has 9 nitrogen and oxygen atoms in total. The third kappa shape index (κ3) is 5.58. The van der Waals surface area contributed by atoms with Crippen LogP contribution in [0.3, 0.4) is 0 Å². The number of carbonyl (C=O) groups excluding carboxylic acids is 2. The summed E-state index contributed by atoms with van der Waals surface area (Å²) in [5, 5.41) is 0. The maximum Gasteiger partial charge on any atom is 0.338 e. The molecule has 0 aliphatic carbocycles. The number of carbonyl (C=O) groups is 2. The molecule has 4 aromatic rings. The second-order valence-electron chi connectivity index (χ2n) is 9.46. The summed E-state index contributed by atoms with van der Waals surface area (Å²) in [6.45, 7) is 6.26. The Hall–Kier alpha value is -4.70. The first-order valence-corrected chi connectivity index (χ1v) is 14.4. The van der Waals surface area contributed by atoms with Gasteiger partial charge in [0.2, 0.25) is 0 Å². The van der Waals surface area contributed by atoms with Crippen molar-refractivity contribution in [3.05, 3.63) is 109 Å². The molecular formula is C32H30N2O7S. The number of esters is 2. The molecule has 0 fully saturated rings. The molecule has 0 spiro atoms. The molecular weight excluding hydrogens is 556 g/mol. The SMILES string of the molecule is CCCOc1ccccc1[C@@H]1C(C(=O)OC)=C(C)N=c2s/c(=C/c3ccc(-c4cccc(C(=O)OCC)c4)o3)c(=O)n21. The molecule has 42 heavy (non-hydrogen) atoms. The molecule has 2 aromatic carbocycles. The van der Waals surface area contributed by atoms with Gasteiger partial charge >= 0.3 is 11.9 Å². The fourth-order valence-electron chi connectivity index (χ4n) is 4.77. The molecule has 2 aromatic heterocycles. The first kappa shape index (κ1) is 28.8. The summed E-state index contributed by atoms with van der Waals surface area (Å²) < 4.78 is 24.2. The van der Waals surface area contributed by atoms with Gasteiger partial charge in [-0.3, -0.25) is 9.36 Å². The Morgan fingerprint density at radius 2 is 1.88 bits per heavy atom. The van der Waals surface area contributed by atoms with E-state index in [2.05, 4.69) is 4.99 Å². The zero-order valence-electron chi connectivity index (χ0n) is 23.7. The molecule has 216 valence electrons. The number of hydrogen-bond donors (Lipinski definition) is 0. The van der Waals surface area contributed by atoms with Gasteiger partial charge in [-0.15, -0.1) is 0 Å². The second-order valence-corrected chi connectivity index (χ2v) is 10.5. The Balaban J connectivity index is 1.60. The van der Waals surface area contributed by atoms with Crippen molar-refractivity contribution in [2.45, 2.75) is 33.2 Å². The highest BCUT2D eigenvalue weighted by Gasteiger charge is 2.34. The van der Waals surface area contributed by atoms with E-state index in [4.69, 9.17) is 18.6 Å². The Bertz CT molecular complexity index is 1860. The highest BCUT2D eigenvalue weighted by Crippen LogP contribution is 2.36. The van der Waals surface area contributed by atoms with Crippen molar-refractivity contribution in [3.8, 4) is 17.1 Å². The Morgan fingerprint density at radius 1 is 1.07 bits per heavy atom. The van der Waals surface area contributed by atoms with Gasteiger partial charge in [0.1, 0.15) is 23.3 Å². The summed E-state index contributed by atoms with van der Waals surface area (Å²) in [7, 11) is 1.31. The summed E-state index contributed by atoms with van der Waals surface area (Å²) in [4.78, 5) is 44.1. The molecule has 3 heterocycles. The summed E-state index contributed by atoms with van der Waals surface area (Å²) in [6, 6.07) is 17.1. The van der Waals surface area contributed by atoms with Crippen LogP contribution in [-0.2, 0) is 14.3 Å². The van der Waals surface area contributed by atoms with E-state index in [1.54, 1.807) is 50.3 Å². The van der Waals surface area contributed by atoms with Crippen molar-refractivity contribution in [1.29, 1.82) is 0 Å². The average molecular weight is 587 g/mol. The lowest BCUT2D eigenvalue weighted by Gasteiger charge is -2.26. The van der Waals surface area contributed by atoms with Gasteiger partial charge in [-0.25, -0.2) is 14.6 Å². The van der Waals surface area contributed by atoms with E-state index in [-0.39, 0.29) is 17.7 Å². The van der Waals surface area contributed by atoms with Crippen molar-refractivity contribution in [3.63, 3.8) is 0 Å². The lowest BCUT2D eigenvalue weighted by atomic mass is 9.95. The predicted molar refractivity (Wildman–Crippen MR) is 158 cm³/mol. The standard InChI is InChI=1S/C32H30N2O7S/c1-5-16-40-25-13-8-7-12-23(25)28-27(31(37)38-4)19(3)33-32-34(28)29(35)26(42-32)18-22-14-15-24(41-22)20-10-9-11-21(17-20)30(36)39-6-2/h7-15,17-18,28H,5-6,16H2,1-4H3/b26-18+/t28-/m1/s1. The smallest absolute Gasteiger partial charge is 0.338 e. The largest absolute Gasteiger partial charge is 0.493 e. The zero-order valence-corrected chi connectivity index (χ0v) is 24.5. The van der Waals surface area contributed by atoms with Crippen LogP contribution < -0.4 is 19.6 Å². The maximum absolute atomic E-state index is 13.9. The molecule has 0 unspecified atom stereocenters. The van der Waals surface area contributed by atoms with Crippen LogP contribution in [-0.4, -0.2) is 36.8 Å². The molecule has 1 atom stereocenters. The van der Waals surface area contributed by atoms with Gasteiger partial charge in [0.25, 0.3) is 5.56 Å². The van der Waals surface area contributed by atoms with Crippen molar-refractivity contribution in [1.82, 2.24) is 4.57 Å². The van der Waals surface area contributed by atoms with E-state index >= 15 is 0 Å². The molecule has 1 aliphatic heterocycles. The third-order valence-electron chi connectivity index (χ3n) is 6.66. The van der Waals surface area contributed by atoms with Gasteiger partial charge < -0.3 is 18.6 Å². The van der Waals surface area contributed by atoms with E-state index < -0.39 is 18.0 Å². The normalized spacial score (nSPS) is 14.8. The first-order chi connectivity index (χ1) is 20.4. The zero-order chi connectivity index (χ0) is 29.8. The number of methoxy groups -OCH3 is 1. The molecule has 0 saturated carbocycles. The molecule has 0 radical (unpaired) electrons. The van der Waals surface area contributed by atoms with Gasteiger partial charge in [-0.1, -0.05) is 48.6 Å². The number of nitrogens with zero attached hydrogens (tertiary/aromatic N) is 2. The van der Waals surface area contributed by atoms with Crippen LogP contribution in [0.25, 0.3) is 17.4 Å². The molecule has 10 heteroatoms. The number of hydrogen-bond acceptors (Lipinski definition) is 9. The van der Waals surface area contributed by atoms with E-state index in [1.807, 2.05) is 37.3 Å². The summed E-state index contributed by atoms with van der Waals surface area (Å²) in [6.07, 6.45) is 2.45.